The number of fused-ring (bicyclic) bond motifs is 1. The number of hydrogen-bond donors (Lipinski definition) is 1. The van der Waals surface area contributed by atoms with Crippen molar-refractivity contribution in [3.8, 4) is 0 Å². The van der Waals surface area contributed by atoms with Crippen LogP contribution in [-0.2, 0) is 17.8 Å². The van der Waals surface area contributed by atoms with Gasteiger partial charge >= 0.3 is 0 Å². The second-order valence-corrected chi connectivity index (χ2v) is 8.14. The first kappa shape index (κ1) is 17.7. The fourth-order valence-corrected chi connectivity index (χ4v) is 4.16. The Hall–Kier alpha value is -1.12. The van der Waals surface area contributed by atoms with Crippen LogP contribution in [0.15, 0.2) is 29.6 Å². The normalized spacial score (nSPS) is 13.5. The van der Waals surface area contributed by atoms with Crippen molar-refractivity contribution in [2.24, 2.45) is 0 Å². The topological polar surface area (TPSA) is 49.4 Å². The SMILES string of the molecule is O=C(NCCC(=O)N1CCc2sccc2C1)c1ccc(Cl)c(I)c1. The number of amides is 2. The Morgan fingerprint density at radius 3 is 2.96 bits per heavy atom. The number of carbonyl (C=O) groups is 2. The Kier molecular flexibility index (Phi) is 5.78. The van der Waals surface area contributed by atoms with Gasteiger partial charge in [-0.2, -0.15) is 0 Å². The van der Waals surface area contributed by atoms with Crippen LogP contribution in [0.1, 0.15) is 27.2 Å². The summed E-state index contributed by atoms with van der Waals surface area (Å²) in [5, 5.41) is 5.50. The van der Waals surface area contributed by atoms with E-state index in [1.165, 1.54) is 10.4 Å². The van der Waals surface area contributed by atoms with Gasteiger partial charge in [0, 0.05) is 40.1 Å². The van der Waals surface area contributed by atoms with Crippen LogP contribution in [-0.4, -0.2) is 29.8 Å². The van der Waals surface area contributed by atoms with Crippen molar-refractivity contribution >= 4 is 57.3 Å². The summed E-state index contributed by atoms with van der Waals surface area (Å²) in [5.41, 5.74) is 1.80. The number of hydrogen-bond acceptors (Lipinski definition) is 3. The van der Waals surface area contributed by atoms with Gasteiger partial charge in [0.2, 0.25) is 5.91 Å². The molecule has 2 heterocycles. The third-order valence-corrected chi connectivity index (χ3v) is 6.53. The van der Waals surface area contributed by atoms with E-state index in [2.05, 4.69) is 39.4 Å². The highest BCUT2D eigenvalue weighted by Crippen LogP contribution is 2.24. The van der Waals surface area contributed by atoms with Crippen LogP contribution in [0.3, 0.4) is 0 Å². The fourth-order valence-electron chi connectivity index (χ4n) is 2.64. The van der Waals surface area contributed by atoms with Crippen LogP contribution in [0, 0.1) is 3.57 Å². The maximum Gasteiger partial charge on any atom is 0.251 e. The van der Waals surface area contributed by atoms with E-state index < -0.39 is 0 Å². The maximum atomic E-state index is 12.3. The lowest BCUT2D eigenvalue weighted by atomic mass is 10.1. The van der Waals surface area contributed by atoms with Gasteiger partial charge in [-0.05, 0) is 64.2 Å². The zero-order valence-electron chi connectivity index (χ0n) is 12.9. The van der Waals surface area contributed by atoms with E-state index in [1.807, 2.05) is 4.90 Å². The summed E-state index contributed by atoms with van der Waals surface area (Å²) in [6.45, 7) is 1.78. The first-order chi connectivity index (χ1) is 11.5. The molecule has 0 atom stereocenters. The van der Waals surface area contributed by atoms with Crippen molar-refractivity contribution < 1.29 is 9.59 Å². The molecule has 0 spiro atoms. The second-order valence-electron chi connectivity index (χ2n) is 5.57. The molecule has 0 radical (unpaired) electrons. The summed E-state index contributed by atoms with van der Waals surface area (Å²) in [5.74, 6) is -0.103. The fraction of sp³-hybridized carbons (Fsp3) is 0.294. The van der Waals surface area contributed by atoms with Gasteiger partial charge in [-0.1, -0.05) is 11.6 Å². The number of thiophene rings is 1. The maximum absolute atomic E-state index is 12.3. The zero-order valence-corrected chi connectivity index (χ0v) is 16.6. The molecule has 126 valence electrons. The Labute approximate surface area is 163 Å². The number of nitrogens with one attached hydrogen (secondary N) is 1. The van der Waals surface area contributed by atoms with Gasteiger partial charge in [-0.3, -0.25) is 9.59 Å². The highest BCUT2D eigenvalue weighted by atomic mass is 127. The molecule has 7 heteroatoms. The smallest absolute Gasteiger partial charge is 0.251 e. The minimum absolute atomic E-state index is 0.0813. The molecule has 24 heavy (non-hydrogen) atoms. The zero-order chi connectivity index (χ0) is 17.1. The number of nitrogens with zero attached hydrogens (tertiary/aromatic N) is 1. The average Bonchev–Trinajstić information content (AvgIpc) is 3.04. The monoisotopic (exact) mass is 474 g/mol. The Morgan fingerprint density at radius 2 is 2.17 bits per heavy atom. The second kappa shape index (κ2) is 7.84. The number of halogens is 2. The molecule has 0 bridgehead atoms. The molecule has 0 saturated heterocycles. The molecular weight excluding hydrogens is 459 g/mol. The van der Waals surface area contributed by atoms with Crippen molar-refractivity contribution in [1.29, 1.82) is 0 Å². The summed E-state index contributed by atoms with van der Waals surface area (Å²) in [7, 11) is 0. The van der Waals surface area contributed by atoms with E-state index in [4.69, 9.17) is 11.6 Å². The number of carbonyl (C=O) groups excluding carboxylic acids is 2. The molecule has 1 aliphatic rings. The van der Waals surface area contributed by atoms with Gasteiger partial charge in [0.05, 0.1) is 5.02 Å². The molecule has 1 N–H and O–H groups in total. The standard InChI is InChI=1S/C17H16ClIN2O2S/c18-13-2-1-11(9-14(13)19)17(23)20-6-3-16(22)21-7-4-15-12(10-21)5-8-24-15/h1-2,5,8-9H,3-4,6-7,10H2,(H,20,23). The highest BCUT2D eigenvalue weighted by Gasteiger charge is 2.21. The summed E-state index contributed by atoms with van der Waals surface area (Å²) < 4.78 is 0.831. The molecule has 2 amide bonds. The summed E-state index contributed by atoms with van der Waals surface area (Å²) in [6, 6.07) is 7.21. The Bertz CT molecular complexity index is 778. The van der Waals surface area contributed by atoms with Gasteiger partial charge in [-0.25, -0.2) is 0 Å². The van der Waals surface area contributed by atoms with Crippen molar-refractivity contribution in [1.82, 2.24) is 10.2 Å². The van der Waals surface area contributed by atoms with Crippen molar-refractivity contribution in [3.05, 3.63) is 54.2 Å². The van der Waals surface area contributed by atoms with Gasteiger partial charge in [0.25, 0.3) is 5.91 Å². The van der Waals surface area contributed by atoms with Gasteiger partial charge in [0.1, 0.15) is 0 Å². The average molecular weight is 475 g/mol. The lowest BCUT2D eigenvalue weighted by molar-refractivity contribution is -0.131. The van der Waals surface area contributed by atoms with Crippen molar-refractivity contribution in [2.45, 2.75) is 19.4 Å². The summed E-state index contributed by atoms with van der Waals surface area (Å²) in [6.07, 6.45) is 1.24. The minimum Gasteiger partial charge on any atom is -0.352 e. The van der Waals surface area contributed by atoms with Gasteiger partial charge in [-0.15, -0.1) is 11.3 Å². The molecule has 3 rings (SSSR count). The van der Waals surface area contributed by atoms with E-state index in [-0.39, 0.29) is 11.8 Å². The lowest BCUT2D eigenvalue weighted by Crippen LogP contribution is -2.37. The number of rotatable bonds is 4. The minimum atomic E-state index is -0.184. The first-order valence-corrected chi connectivity index (χ1v) is 9.94. The van der Waals surface area contributed by atoms with Crippen LogP contribution in [0.2, 0.25) is 5.02 Å². The Balaban J connectivity index is 1.48. The molecule has 0 saturated carbocycles. The third-order valence-electron chi connectivity index (χ3n) is 3.97. The predicted octanol–water partition coefficient (Wildman–Crippen LogP) is 3.71. The van der Waals surface area contributed by atoms with Crippen LogP contribution in [0.5, 0.6) is 0 Å². The quantitative estimate of drug-likeness (QED) is 0.687. The molecule has 1 aromatic carbocycles. The van der Waals surface area contributed by atoms with Crippen LogP contribution < -0.4 is 5.32 Å². The van der Waals surface area contributed by atoms with Crippen molar-refractivity contribution in [2.75, 3.05) is 13.1 Å². The predicted molar refractivity (Wildman–Crippen MR) is 105 cm³/mol. The molecule has 2 aromatic rings. The first-order valence-electron chi connectivity index (χ1n) is 7.61. The lowest BCUT2D eigenvalue weighted by Gasteiger charge is -2.27. The van der Waals surface area contributed by atoms with E-state index in [0.29, 0.717) is 30.1 Å². The molecule has 4 nitrogen and oxygen atoms in total. The van der Waals surface area contributed by atoms with Crippen LogP contribution in [0.4, 0.5) is 0 Å². The third kappa shape index (κ3) is 4.10. The van der Waals surface area contributed by atoms with E-state index >= 15 is 0 Å². The van der Waals surface area contributed by atoms with Gasteiger partial charge in [0.15, 0.2) is 0 Å². The summed E-state index contributed by atoms with van der Waals surface area (Å²) >= 11 is 9.80. The molecule has 1 aliphatic heterocycles. The largest absolute Gasteiger partial charge is 0.352 e. The number of benzene rings is 1. The van der Waals surface area contributed by atoms with E-state index in [1.54, 1.807) is 29.5 Å². The molecule has 0 unspecified atom stereocenters. The van der Waals surface area contributed by atoms with Crippen molar-refractivity contribution in [3.63, 3.8) is 0 Å². The Morgan fingerprint density at radius 1 is 1.33 bits per heavy atom. The molecule has 1 aromatic heterocycles. The van der Waals surface area contributed by atoms with Crippen LogP contribution in [0.25, 0.3) is 0 Å². The van der Waals surface area contributed by atoms with Crippen LogP contribution >= 0.6 is 45.5 Å². The summed E-state index contributed by atoms with van der Waals surface area (Å²) in [4.78, 5) is 27.7. The molecule has 0 fully saturated rings. The van der Waals surface area contributed by atoms with E-state index in [0.717, 1.165) is 16.5 Å². The van der Waals surface area contributed by atoms with E-state index in [9.17, 15) is 9.59 Å². The highest BCUT2D eigenvalue weighted by molar-refractivity contribution is 14.1. The molecule has 0 aliphatic carbocycles. The molecular formula is C17H16ClIN2O2S. The van der Waals surface area contributed by atoms with Gasteiger partial charge < -0.3 is 10.2 Å².